The monoisotopic (exact) mass is 401 g/mol. The van der Waals surface area contributed by atoms with Crippen molar-refractivity contribution in [3.05, 3.63) is 40.7 Å². The summed E-state index contributed by atoms with van der Waals surface area (Å²) < 4.78 is 17.4. The Morgan fingerprint density at radius 2 is 2.07 bits per heavy atom. The van der Waals surface area contributed by atoms with Crippen molar-refractivity contribution in [3.63, 3.8) is 0 Å². The van der Waals surface area contributed by atoms with Crippen molar-refractivity contribution >= 4 is 5.91 Å². The minimum Gasteiger partial charge on any atom is -0.497 e. The Labute approximate surface area is 169 Å². The molecule has 2 aromatic rings. The highest BCUT2D eigenvalue weighted by Crippen LogP contribution is 2.27. The van der Waals surface area contributed by atoms with Gasteiger partial charge in [0.2, 0.25) is 5.91 Å². The number of ether oxygens (including phenoxy) is 3. The summed E-state index contributed by atoms with van der Waals surface area (Å²) in [5, 5.41) is 7.35. The molecule has 1 aromatic carbocycles. The number of methoxy groups -OCH3 is 2. The minimum atomic E-state index is -0.265. The minimum absolute atomic E-state index is 0.0440. The van der Waals surface area contributed by atoms with Gasteiger partial charge in [-0.3, -0.25) is 9.59 Å². The van der Waals surface area contributed by atoms with Crippen LogP contribution in [0, 0.1) is 0 Å². The zero-order chi connectivity index (χ0) is 20.6. The fraction of sp³-hybridized carbons (Fsp3) is 0.476. The highest BCUT2D eigenvalue weighted by molar-refractivity contribution is 5.75. The van der Waals surface area contributed by atoms with Crippen molar-refractivity contribution in [3.8, 4) is 22.8 Å². The van der Waals surface area contributed by atoms with Crippen molar-refractivity contribution in [2.45, 2.75) is 38.3 Å². The highest BCUT2D eigenvalue weighted by atomic mass is 16.5. The number of hydrogen-bond donors (Lipinski definition) is 1. The van der Waals surface area contributed by atoms with Crippen LogP contribution >= 0.6 is 0 Å². The molecule has 1 saturated heterocycles. The van der Waals surface area contributed by atoms with E-state index in [0.717, 1.165) is 30.8 Å². The molecule has 1 fully saturated rings. The fourth-order valence-corrected chi connectivity index (χ4v) is 3.25. The molecule has 3 rings (SSSR count). The molecule has 1 atom stereocenters. The molecular weight excluding hydrogens is 374 g/mol. The lowest BCUT2D eigenvalue weighted by atomic mass is 10.1. The Kier molecular flexibility index (Phi) is 7.24. The Hall–Kier alpha value is -2.87. The predicted molar refractivity (Wildman–Crippen MR) is 108 cm³/mol. The van der Waals surface area contributed by atoms with Crippen LogP contribution < -0.4 is 20.3 Å². The van der Waals surface area contributed by atoms with Gasteiger partial charge in [0, 0.05) is 37.7 Å². The number of carbonyl (C=O) groups is 1. The smallest absolute Gasteiger partial charge is 0.270 e. The molecule has 8 heteroatoms. The van der Waals surface area contributed by atoms with Gasteiger partial charge in [-0.2, -0.15) is 5.10 Å². The quantitative estimate of drug-likeness (QED) is 0.691. The molecule has 0 aliphatic carbocycles. The van der Waals surface area contributed by atoms with E-state index in [4.69, 9.17) is 14.2 Å². The molecule has 1 aromatic heterocycles. The van der Waals surface area contributed by atoms with Gasteiger partial charge in [0.05, 0.1) is 20.3 Å². The molecule has 0 radical (unpaired) electrons. The molecule has 0 bridgehead atoms. The first-order valence-corrected chi connectivity index (χ1v) is 9.79. The van der Waals surface area contributed by atoms with Gasteiger partial charge in [0.1, 0.15) is 11.4 Å². The molecular formula is C21H27N3O5. The second-order valence-corrected chi connectivity index (χ2v) is 6.89. The van der Waals surface area contributed by atoms with Crippen LogP contribution in [0.4, 0.5) is 0 Å². The number of rotatable bonds is 9. The summed E-state index contributed by atoms with van der Waals surface area (Å²) in [5.41, 5.74) is 1.11. The van der Waals surface area contributed by atoms with Crippen LogP contribution in [0.3, 0.4) is 0 Å². The largest absolute Gasteiger partial charge is 0.497 e. The highest BCUT2D eigenvalue weighted by Gasteiger charge is 2.16. The van der Waals surface area contributed by atoms with Gasteiger partial charge in [-0.1, -0.05) is 0 Å². The average Bonchev–Trinajstić information content (AvgIpc) is 3.27. The van der Waals surface area contributed by atoms with Crippen molar-refractivity contribution in [1.82, 2.24) is 15.1 Å². The standard InChI is InChI=1S/C21H27N3O5/c1-27-16-9-7-15(8-10-16)21-18(28-2)13-20(26)24(23-21)11-3-6-19(25)22-14-17-5-4-12-29-17/h7-10,13,17H,3-6,11-12,14H2,1-2H3,(H,22,25)/t17-/m1/s1. The van der Waals surface area contributed by atoms with E-state index in [2.05, 4.69) is 10.4 Å². The van der Waals surface area contributed by atoms with Crippen LogP contribution in [-0.4, -0.2) is 49.2 Å². The number of benzene rings is 1. The van der Waals surface area contributed by atoms with Crippen LogP contribution in [0.25, 0.3) is 11.3 Å². The normalized spacial score (nSPS) is 15.9. The van der Waals surface area contributed by atoms with E-state index in [1.54, 1.807) is 7.11 Å². The fourth-order valence-electron chi connectivity index (χ4n) is 3.25. The lowest BCUT2D eigenvalue weighted by molar-refractivity contribution is -0.121. The maximum absolute atomic E-state index is 12.3. The number of hydrogen-bond acceptors (Lipinski definition) is 6. The first-order chi connectivity index (χ1) is 14.1. The van der Waals surface area contributed by atoms with Crippen molar-refractivity contribution in [2.24, 2.45) is 0 Å². The van der Waals surface area contributed by atoms with Crippen LogP contribution in [0.2, 0.25) is 0 Å². The lowest BCUT2D eigenvalue weighted by Gasteiger charge is -2.12. The summed E-state index contributed by atoms with van der Waals surface area (Å²) in [6, 6.07) is 8.78. The molecule has 1 amide bonds. The molecule has 1 aliphatic rings. The number of nitrogens with zero attached hydrogens (tertiary/aromatic N) is 2. The first kappa shape index (κ1) is 20.9. The lowest BCUT2D eigenvalue weighted by Crippen LogP contribution is -2.32. The van der Waals surface area contributed by atoms with Crippen LogP contribution in [0.15, 0.2) is 35.1 Å². The van der Waals surface area contributed by atoms with E-state index in [0.29, 0.717) is 37.4 Å². The molecule has 1 aliphatic heterocycles. The van der Waals surface area contributed by atoms with E-state index in [-0.39, 0.29) is 17.6 Å². The summed E-state index contributed by atoms with van der Waals surface area (Å²) >= 11 is 0. The molecule has 8 nitrogen and oxygen atoms in total. The number of carbonyl (C=O) groups excluding carboxylic acids is 1. The molecule has 1 N–H and O–H groups in total. The second kappa shape index (κ2) is 10.1. The third kappa shape index (κ3) is 5.57. The topological polar surface area (TPSA) is 91.7 Å². The predicted octanol–water partition coefficient (Wildman–Crippen LogP) is 2.00. The van der Waals surface area contributed by atoms with Crippen molar-refractivity contribution < 1.29 is 19.0 Å². The third-order valence-electron chi connectivity index (χ3n) is 4.87. The summed E-state index contributed by atoms with van der Waals surface area (Å²) in [4.78, 5) is 24.4. The second-order valence-electron chi connectivity index (χ2n) is 6.89. The van der Waals surface area contributed by atoms with Crippen molar-refractivity contribution in [1.29, 1.82) is 0 Å². The Bertz CT molecular complexity index is 873. The van der Waals surface area contributed by atoms with Gasteiger partial charge in [0.15, 0.2) is 5.75 Å². The van der Waals surface area contributed by atoms with E-state index in [9.17, 15) is 9.59 Å². The zero-order valence-electron chi connectivity index (χ0n) is 16.8. The van der Waals surface area contributed by atoms with Gasteiger partial charge < -0.3 is 19.5 Å². The molecule has 29 heavy (non-hydrogen) atoms. The maximum Gasteiger partial charge on any atom is 0.270 e. The Morgan fingerprint density at radius 3 is 2.72 bits per heavy atom. The molecule has 0 unspecified atom stereocenters. The van der Waals surface area contributed by atoms with Gasteiger partial charge in [-0.15, -0.1) is 0 Å². The van der Waals surface area contributed by atoms with Gasteiger partial charge in [0.25, 0.3) is 5.56 Å². The molecule has 0 saturated carbocycles. The van der Waals surface area contributed by atoms with Crippen molar-refractivity contribution in [2.75, 3.05) is 27.4 Å². The zero-order valence-corrected chi connectivity index (χ0v) is 16.8. The van der Waals surface area contributed by atoms with Crippen LogP contribution in [0.5, 0.6) is 11.5 Å². The van der Waals surface area contributed by atoms with E-state index >= 15 is 0 Å². The summed E-state index contributed by atoms with van der Waals surface area (Å²) in [6.07, 6.45) is 2.99. The van der Waals surface area contributed by atoms with Crippen LogP contribution in [0.1, 0.15) is 25.7 Å². The Morgan fingerprint density at radius 1 is 1.28 bits per heavy atom. The molecule has 0 spiro atoms. The van der Waals surface area contributed by atoms with E-state index in [1.807, 2.05) is 24.3 Å². The molecule has 156 valence electrons. The Balaban J connectivity index is 1.62. The third-order valence-corrected chi connectivity index (χ3v) is 4.87. The molecule has 2 heterocycles. The van der Waals surface area contributed by atoms with Gasteiger partial charge in [-0.25, -0.2) is 4.68 Å². The number of amides is 1. The summed E-state index contributed by atoms with van der Waals surface area (Å²) in [6.45, 7) is 1.66. The maximum atomic E-state index is 12.3. The number of aryl methyl sites for hydroxylation is 1. The van der Waals surface area contributed by atoms with Gasteiger partial charge >= 0.3 is 0 Å². The van der Waals surface area contributed by atoms with Crippen LogP contribution in [-0.2, 0) is 16.1 Å². The van der Waals surface area contributed by atoms with E-state index in [1.165, 1.54) is 17.9 Å². The average molecular weight is 401 g/mol. The van der Waals surface area contributed by atoms with Gasteiger partial charge in [-0.05, 0) is 43.5 Å². The number of nitrogens with one attached hydrogen (secondary N) is 1. The first-order valence-electron chi connectivity index (χ1n) is 9.79. The SMILES string of the molecule is COc1ccc(-c2nn(CCCC(=O)NC[C@H]3CCCO3)c(=O)cc2OC)cc1. The number of aromatic nitrogens is 2. The summed E-state index contributed by atoms with van der Waals surface area (Å²) in [7, 11) is 3.11. The van der Waals surface area contributed by atoms with E-state index < -0.39 is 0 Å². The summed E-state index contributed by atoms with van der Waals surface area (Å²) in [5.74, 6) is 1.10.